The van der Waals surface area contributed by atoms with Crippen LogP contribution in [-0.2, 0) is 32.7 Å². The molecular weight excluding hydrogens is 282 g/mol. The summed E-state index contributed by atoms with van der Waals surface area (Å²) in [6, 6.07) is 1.83. The van der Waals surface area contributed by atoms with E-state index < -0.39 is 0 Å². The fourth-order valence-electron chi connectivity index (χ4n) is 1.32. The van der Waals surface area contributed by atoms with Crippen LogP contribution >= 0.6 is 11.3 Å². The zero-order valence-electron chi connectivity index (χ0n) is 8.78. The number of fused-ring (bicyclic) bond motifs is 1. The molecule has 2 aromatic rings. The van der Waals surface area contributed by atoms with Crippen LogP contribution in [0.15, 0.2) is 16.2 Å². The van der Waals surface area contributed by atoms with E-state index in [4.69, 9.17) is 7.98 Å². The van der Waals surface area contributed by atoms with Crippen LogP contribution in [-0.4, -0.2) is 12.5 Å². The maximum atomic E-state index is 11.6. The van der Waals surface area contributed by atoms with Gasteiger partial charge < -0.3 is 11.9 Å². The van der Waals surface area contributed by atoms with E-state index in [0.717, 1.165) is 14.7 Å². The summed E-state index contributed by atoms with van der Waals surface area (Å²) in [6.07, 6.45) is 0. The van der Waals surface area contributed by atoms with E-state index in [1.54, 1.807) is 11.3 Å². The Balaban J connectivity index is 0.000000980. The van der Waals surface area contributed by atoms with Crippen molar-refractivity contribution in [2.45, 2.75) is 6.92 Å². The fraction of sp³-hybridized carbons (Fsp3) is 0.100. The summed E-state index contributed by atoms with van der Waals surface area (Å²) in [5.74, 6) is 0. The molecule has 2 rings (SSSR count). The quantitative estimate of drug-likeness (QED) is 0.537. The number of aromatic nitrogens is 1. The Bertz CT molecular complexity index is 532. The molecule has 0 aliphatic heterocycles. The molecule has 0 fully saturated rings. The molecule has 2 aromatic heterocycles. The van der Waals surface area contributed by atoms with Gasteiger partial charge in [-0.1, -0.05) is 0 Å². The Hall–Kier alpha value is -0.0512. The molecule has 0 amide bonds. The molecular formula is C10H10BNOSY-2. The van der Waals surface area contributed by atoms with Crippen LogP contribution in [0.2, 0.25) is 0 Å². The molecule has 0 saturated heterocycles. The topological polar surface area (TPSA) is 22.0 Å². The number of pyridine rings is 1. The van der Waals surface area contributed by atoms with Gasteiger partial charge in [-0.3, -0.25) is 4.79 Å². The first kappa shape index (κ1) is 14.9. The Labute approximate surface area is 120 Å². The third-order valence-electron chi connectivity index (χ3n) is 2.04. The minimum atomic E-state index is -0.166. The molecule has 0 aliphatic rings. The first-order chi connectivity index (χ1) is 6.11. The van der Waals surface area contributed by atoms with Crippen molar-refractivity contribution in [3.05, 3.63) is 47.4 Å². The summed E-state index contributed by atoms with van der Waals surface area (Å²) >= 11 is 1.54. The van der Waals surface area contributed by atoms with Crippen LogP contribution in [0.25, 0.3) is 10.1 Å². The maximum Gasteiger partial charge on any atom is 0.242 e. The van der Waals surface area contributed by atoms with E-state index in [2.05, 4.69) is 6.92 Å². The molecule has 2 heterocycles. The van der Waals surface area contributed by atoms with Crippen molar-refractivity contribution in [3.63, 3.8) is 0 Å². The predicted octanol–water partition coefficient (Wildman–Crippen LogP) is 1.93. The van der Waals surface area contributed by atoms with E-state index in [1.165, 1.54) is 0 Å². The van der Waals surface area contributed by atoms with Gasteiger partial charge in [0.2, 0.25) is 13.5 Å². The van der Waals surface area contributed by atoms with Crippen molar-refractivity contribution in [2.75, 3.05) is 0 Å². The van der Waals surface area contributed by atoms with E-state index in [-0.39, 0.29) is 45.7 Å². The van der Waals surface area contributed by atoms with Crippen LogP contribution in [0.5, 0.6) is 0 Å². The second kappa shape index (κ2) is 5.33. The van der Waals surface area contributed by atoms with Gasteiger partial charge >= 0.3 is 0 Å². The standard InChI is InChI=1S/C9H7BNOS.CH3.Y/c1-5-4-13-7-3-6(2)11(10)9(12)8(5)7;;/h3-4H,2H2,1H3;1H3;/q2*-1;. The van der Waals surface area contributed by atoms with Gasteiger partial charge in [0.1, 0.15) is 0 Å². The second-order valence-electron chi connectivity index (χ2n) is 2.97. The van der Waals surface area contributed by atoms with Crippen molar-refractivity contribution in [1.29, 1.82) is 0 Å². The summed E-state index contributed by atoms with van der Waals surface area (Å²) in [5.41, 5.74) is 1.35. The van der Waals surface area contributed by atoms with Crippen molar-refractivity contribution in [2.24, 2.45) is 0 Å². The minimum absolute atomic E-state index is 0. The normalized spacial score (nSPS) is 9.40. The van der Waals surface area contributed by atoms with Gasteiger partial charge in [0, 0.05) is 38.1 Å². The molecule has 0 spiro atoms. The smallest absolute Gasteiger partial charge is 0.242 e. The SMILES string of the molecule is [B]n1c([CH2-])cc2scc(C)c2c1=O.[CH3-].[Y]. The van der Waals surface area contributed by atoms with Gasteiger partial charge in [0.15, 0.2) is 0 Å². The molecule has 2 nitrogen and oxygen atoms in total. The number of hydrogen-bond acceptors (Lipinski definition) is 2. The summed E-state index contributed by atoms with van der Waals surface area (Å²) in [5, 5.41) is 2.66. The van der Waals surface area contributed by atoms with Crippen LogP contribution < -0.4 is 5.56 Å². The number of thiophene rings is 1. The van der Waals surface area contributed by atoms with Gasteiger partial charge in [0.05, 0.1) is 0 Å². The Kier molecular flexibility index (Phi) is 5.31. The molecule has 5 heteroatoms. The van der Waals surface area contributed by atoms with Gasteiger partial charge in [0.25, 0.3) is 0 Å². The average Bonchev–Trinajstić information content (AvgIpc) is 2.43. The van der Waals surface area contributed by atoms with Crippen LogP contribution in [0.1, 0.15) is 11.3 Å². The Morgan fingerprint density at radius 1 is 1.53 bits per heavy atom. The van der Waals surface area contributed by atoms with E-state index in [9.17, 15) is 4.79 Å². The van der Waals surface area contributed by atoms with E-state index >= 15 is 0 Å². The molecule has 0 N–H and O–H groups in total. The summed E-state index contributed by atoms with van der Waals surface area (Å²) in [4.78, 5) is 11.6. The van der Waals surface area contributed by atoms with Crippen molar-refractivity contribution < 1.29 is 32.7 Å². The monoisotopic (exact) mass is 292 g/mol. The molecule has 0 unspecified atom stereocenters. The second-order valence-corrected chi connectivity index (χ2v) is 3.88. The molecule has 0 aromatic carbocycles. The molecule has 3 radical (unpaired) electrons. The molecule has 75 valence electrons. The number of rotatable bonds is 0. The predicted molar refractivity (Wildman–Crippen MR) is 62.8 cm³/mol. The van der Waals surface area contributed by atoms with Crippen LogP contribution in [0.3, 0.4) is 0 Å². The molecule has 0 saturated carbocycles. The van der Waals surface area contributed by atoms with Crippen molar-refractivity contribution in [3.8, 4) is 0 Å². The van der Waals surface area contributed by atoms with Crippen LogP contribution in [0.4, 0.5) is 0 Å². The number of nitrogens with zero attached hydrogens (tertiary/aromatic N) is 1. The number of aryl methyl sites for hydroxylation is 1. The largest absolute Gasteiger partial charge is 0.397 e. The third kappa shape index (κ3) is 2.38. The van der Waals surface area contributed by atoms with E-state index in [1.807, 2.05) is 18.4 Å². The summed E-state index contributed by atoms with van der Waals surface area (Å²) < 4.78 is 2.04. The van der Waals surface area contributed by atoms with Crippen molar-refractivity contribution in [1.82, 2.24) is 4.48 Å². The third-order valence-corrected chi connectivity index (χ3v) is 3.09. The van der Waals surface area contributed by atoms with Gasteiger partial charge in [-0.05, 0) is 22.6 Å². The first-order valence-electron chi connectivity index (χ1n) is 3.82. The Morgan fingerprint density at radius 3 is 2.73 bits per heavy atom. The molecule has 15 heavy (non-hydrogen) atoms. The minimum Gasteiger partial charge on any atom is -0.397 e. The van der Waals surface area contributed by atoms with Gasteiger partial charge in [-0.2, -0.15) is 17.4 Å². The zero-order chi connectivity index (χ0) is 9.59. The first-order valence-corrected chi connectivity index (χ1v) is 4.70. The van der Waals surface area contributed by atoms with Crippen LogP contribution in [0, 0.1) is 21.3 Å². The summed E-state index contributed by atoms with van der Waals surface area (Å²) in [7, 11) is 5.52. The molecule has 0 atom stereocenters. The molecule has 0 bridgehead atoms. The van der Waals surface area contributed by atoms with Gasteiger partial charge in [-0.25, -0.2) is 6.92 Å². The zero-order valence-corrected chi connectivity index (χ0v) is 12.4. The number of hydrogen-bond donors (Lipinski definition) is 0. The van der Waals surface area contributed by atoms with E-state index in [0.29, 0.717) is 11.1 Å². The molecule has 0 aliphatic carbocycles. The Morgan fingerprint density at radius 2 is 2.13 bits per heavy atom. The van der Waals surface area contributed by atoms with Gasteiger partial charge in [-0.15, -0.1) is 5.69 Å². The maximum absolute atomic E-state index is 11.6. The summed E-state index contributed by atoms with van der Waals surface area (Å²) in [6.45, 7) is 5.59. The average molecular weight is 292 g/mol. The fourth-order valence-corrected chi connectivity index (χ4v) is 2.31. The van der Waals surface area contributed by atoms with Crippen molar-refractivity contribution >= 4 is 29.4 Å².